The summed E-state index contributed by atoms with van der Waals surface area (Å²) in [5, 5.41) is 9.81. The number of furan rings is 1. The third-order valence-electron chi connectivity index (χ3n) is 3.24. The topological polar surface area (TPSA) is 50.4 Å². The Morgan fingerprint density at radius 2 is 1.95 bits per heavy atom. The monoisotopic (exact) mass is 270 g/mol. The summed E-state index contributed by atoms with van der Waals surface area (Å²) in [4.78, 5) is 11.0. The lowest BCUT2D eigenvalue weighted by Gasteiger charge is -2.02. The second-order valence-corrected chi connectivity index (χ2v) is 4.58. The number of halogens is 1. The summed E-state index contributed by atoms with van der Waals surface area (Å²) in [5.41, 5.74) is 1.42. The molecule has 0 atom stereocenters. The fourth-order valence-corrected chi connectivity index (χ4v) is 2.23. The molecule has 0 bridgehead atoms. The van der Waals surface area contributed by atoms with E-state index in [1.165, 1.54) is 18.2 Å². The van der Waals surface area contributed by atoms with E-state index in [2.05, 4.69) is 0 Å². The molecule has 0 saturated carbocycles. The van der Waals surface area contributed by atoms with Crippen LogP contribution >= 0.6 is 0 Å². The van der Waals surface area contributed by atoms with E-state index in [0.29, 0.717) is 11.3 Å². The molecule has 0 amide bonds. The SMILES string of the molecule is Cc1cccc2cc(-c3cccc(C(=O)O)c3F)oc12. The minimum Gasteiger partial charge on any atom is -0.478 e. The quantitative estimate of drug-likeness (QED) is 0.757. The molecule has 1 aromatic heterocycles. The molecule has 4 heteroatoms. The van der Waals surface area contributed by atoms with E-state index in [1.807, 2.05) is 25.1 Å². The van der Waals surface area contributed by atoms with Crippen molar-refractivity contribution < 1.29 is 18.7 Å². The number of hydrogen-bond donors (Lipinski definition) is 1. The highest BCUT2D eigenvalue weighted by Gasteiger charge is 2.17. The summed E-state index contributed by atoms with van der Waals surface area (Å²) >= 11 is 0. The highest BCUT2D eigenvalue weighted by atomic mass is 19.1. The molecule has 0 aliphatic carbocycles. The van der Waals surface area contributed by atoms with Gasteiger partial charge in [-0.2, -0.15) is 0 Å². The summed E-state index contributed by atoms with van der Waals surface area (Å²) in [7, 11) is 0. The number of para-hydroxylation sites is 1. The van der Waals surface area contributed by atoms with Crippen LogP contribution in [0.1, 0.15) is 15.9 Å². The van der Waals surface area contributed by atoms with Gasteiger partial charge in [-0.15, -0.1) is 0 Å². The Morgan fingerprint density at radius 1 is 1.20 bits per heavy atom. The second kappa shape index (κ2) is 4.49. The Kier molecular flexibility index (Phi) is 2.79. The van der Waals surface area contributed by atoms with Crippen molar-refractivity contribution in [1.29, 1.82) is 0 Å². The fourth-order valence-electron chi connectivity index (χ4n) is 2.23. The van der Waals surface area contributed by atoms with Crippen LogP contribution in [0.2, 0.25) is 0 Å². The highest BCUT2D eigenvalue weighted by molar-refractivity contribution is 5.91. The predicted molar refractivity (Wildman–Crippen MR) is 73.3 cm³/mol. The Balaban J connectivity index is 2.23. The van der Waals surface area contributed by atoms with Gasteiger partial charge in [0.25, 0.3) is 0 Å². The van der Waals surface area contributed by atoms with Crippen molar-refractivity contribution in [2.75, 3.05) is 0 Å². The molecule has 0 aliphatic heterocycles. The lowest BCUT2D eigenvalue weighted by atomic mass is 10.1. The molecule has 3 nitrogen and oxygen atoms in total. The maximum atomic E-state index is 14.2. The molecule has 20 heavy (non-hydrogen) atoms. The lowest BCUT2D eigenvalue weighted by molar-refractivity contribution is 0.0692. The van der Waals surface area contributed by atoms with Crippen LogP contribution < -0.4 is 0 Å². The van der Waals surface area contributed by atoms with E-state index < -0.39 is 11.8 Å². The van der Waals surface area contributed by atoms with Gasteiger partial charge in [0.15, 0.2) is 0 Å². The number of aromatic carboxylic acids is 1. The van der Waals surface area contributed by atoms with Crippen molar-refractivity contribution in [3.8, 4) is 11.3 Å². The van der Waals surface area contributed by atoms with E-state index >= 15 is 0 Å². The van der Waals surface area contributed by atoms with Crippen LogP contribution in [0.3, 0.4) is 0 Å². The summed E-state index contributed by atoms with van der Waals surface area (Å²) in [6, 6.07) is 11.6. The van der Waals surface area contributed by atoms with E-state index in [-0.39, 0.29) is 11.1 Å². The molecule has 0 radical (unpaired) electrons. The zero-order valence-electron chi connectivity index (χ0n) is 10.7. The van der Waals surface area contributed by atoms with Crippen LogP contribution in [0.4, 0.5) is 4.39 Å². The minimum absolute atomic E-state index is 0.153. The van der Waals surface area contributed by atoms with Crippen LogP contribution in [0.5, 0.6) is 0 Å². The van der Waals surface area contributed by atoms with Crippen LogP contribution in [-0.2, 0) is 0 Å². The molecule has 0 unspecified atom stereocenters. The molecule has 1 heterocycles. The summed E-state index contributed by atoms with van der Waals surface area (Å²) in [5.74, 6) is -1.75. The lowest BCUT2D eigenvalue weighted by Crippen LogP contribution is -2.01. The summed E-state index contributed by atoms with van der Waals surface area (Å²) < 4.78 is 19.9. The first-order valence-electron chi connectivity index (χ1n) is 6.09. The normalized spacial score (nSPS) is 10.9. The van der Waals surface area contributed by atoms with Gasteiger partial charge in [0.2, 0.25) is 0 Å². The largest absolute Gasteiger partial charge is 0.478 e. The van der Waals surface area contributed by atoms with Gasteiger partial charge in [-0.05, 0) is 30.7 Å². The number of aryl methyl sites for hydroxylation is 1. The molecule has 0 fully saturated rings. The first-order valence-corrected chi connectivity index (χ1v) is 6.09. The number of hydrogen-bond acceptors (Lipinski definition) is 2. The maximum absolute atomic E-state index is 14.2. The molecule has 0 spiro atoms. The number of fused-ring (bicyclic) bond motifs is 1. The fraction of sp³-hybridized carbons (Fsp3) is 0.0625. The van der Waals surface area contributed by atoms with E-state index in [0.717, 1.165) is 10.9 Å². The van der Waals surface area contributed by atoms with Gasteiger partial charge in [0, 0.05) is 5.39 Å². The van der Waals surface area contributed by atoms with Crippen LogP contribution in [-0.4, -0.2) is 11.1 Å². The van der Waals surface area contributed by atoms with Crippen molar-refractivity contribution in [2.45, 2.75) is 6.92 Å². The smallest absolute Gasteiger partial charge is 0.338 e. The first kappa shape index (κ1) is 12.4. The van der Waals surface area contributed by atoms with Gasteiger partial charge >= 0.3 is 5.97 Å². The average molecular weight is 270 g/mol. The molecule has 0 aliphatic rings. The third-order valence-corrected chi connectivity index (χ3v) is 3.24. The van der Waals surface area contributed by atoms with Gasteiger partial charge < -0.3 is 9.52 Å². The standard InChI is InChI=1S/C16H11FO3/c1-9-4-2-5-10-8-13(20-15(9)10)11-6-3-7-12(14(11)17)16(18)19/h2-8H,1H3,(H,18,19). The van der Waals surface area contributed by atoms with Crippen LogP contribution in [0.25, 0.3) is 22.3 Å². The molecular weight excluding hydrogens is 259 g/mol. The zero-order valence-corrected chi connectivity index (χ0v) is 10.7. The van der Waals surface area contributed by atoms with Crippen molar-refractivity contribution in [2.24, 2.45) is 0 Å². The molecule has 0 saturated heterocycles. The number of carboxylic acids is 1. The molecule has 1 N–H and O–H groups in total. The van der Waals surface area contributed by atoms with E-state index in [9.17, 15) is 9.18 Å². The Hall–Kier alpha value is -2.62. The van der Waals surface area contributed by atoms with Crippen molar-refractivity contribution in [3.63, 3.8) is 0 Å². The van der Waals surface area contributed by atoms with Crippen LogP contribution in [0.15, 0.2) is 46.9 Å². The highest BCUT2D eigenvalue weighted by Crippen LogP contribution is 2.32. The molecular formula is C16H11FO3. The zero-order chi connectivity index (χ0) is 14.3. The maximum Gasteiger partial charge on any atom is 0.338 e. The number of carboxylic acid groups (broad SMARTS) is 1. The number of benzene rings is 2. The average Bonchev–Trinajstić information content (AvgIpc) is 2.84. The van der Waals surface area contributed by atoms with Gasteiger partial charge in [-0.3, -0.25) is 0 Å². The second-order valence-electron chi connectivity index (χ2n) is 4.58. The van der Waals surface area contributed by atoms with E-state index in [4.69, 9.17) is 9.52 Å². The van der Waals surface area contributed by atoms with Gasteiger partial charge in [-0.25, -0.2) is 9.18 Å². The summed E-state index contributed by atoms with van der Waals surface area (Å²) in [6.07, 6.45) is 0. The number of carbonyl (C=O) groups is 1. The molecule has 3 aromatic rings. The van der Waals surface area contributed by atoms with Gasteiger partial charge in [0.05, 0.1) is 11.1 Å². The predicted octanol–water partition coefficient (Wildman–Crippen LogP) is 4.25. The minimum atomic E-state index is -1.29. The Bertz CT molecular complexity index is 818. The van der Waals surface area contributed by atoms with Crippen LogP contribution in [0, 0.1) is 12.7 Å². The van der Waals surface area contributed by atoms with Crippen molar-refractivity contribution in [3.05, 3.63) is 59.4 Å². The molecule has 3 rings (SSSR count). The van der Waals surface area contributed by atoms with Gasteiger partial charge in [-0.1, -0.05) is 24.3 Å². The third kappa shape index (κ3) is 1.86. The van der Waals surface area contributed by atoms with Crippen molar-refractivity contribution in [1.82, 2.24) is 0 Å². The molecule has 2 aromatic carbocycles. The van der Waals surface area contributed by atoms with Gasteiger partial charge in [0.1, 0.15) is 17.2 Å². The Morgan fingerprint density at radius 3 is 2.65 bits per heavy atom. The number of rotatable bonds is 2. The first-order chi connectivity index (χ1) is 9.58. The van der Waals surface area contributed by atoms with E-state index in [1.54, 1.807) is 6.07 Å². The summed E-state index contributed by atoms with van der Waals surface area (Å²) in [6.45, 7) is 1.90. The Labute approximate surface area is 114 Å². The molecule has 100 valence electrons. The van der Waals surface area contributed by atoms with Crippen molar-refractivity contribution >= 4 is 16.9 Å².